The first-order valence-corrected chi connectivity index (χ1v) is 9.90. The molecule has 0 radical (unpaired) electrons. The Bertz CT molecular complexity index is 729. The monoisotopic (exact) mass is 372 g/mol. The third kappa shape index (κ3) is 4.75. The van der Waals surface area contributed by atoms with Crippen molar-refractivity contribution in [3.8, 4) is 0 Å². The molecule has 1 aromatic carbocycles. The van der Waals surface area contributed by atoms with E-state index < -0.39 is 6.04 Å². The van der Waals surface area contributed by atoms with Gasteiger partial charge in [-0.3, -0.25) is 19.7 Å². The summed E-state index contributed by atoms with van der Waals surface area (Å²) in [5.41, 5.74) is 2.78. The van der Waals surface area contributed by atoms with E-state index in [1.165, 1.54) is 0 Å². The van der Waals surface area contributed by atoms with E-state index in [1.807, 2.05) is 19.1 Å². The highest BCUT2D eigenvalue weighted by Crippen LogP contribution is 2.28. The number of carbonyl (C=O) groups excluding carboxylic acids is 3. The van der Waals surface area contributed by atoms with E-state index in [2.05, 4.69) is 11.4 Å². The van der Waals surface area contributed by atoms with Crippen molar-refractivity contribution in [3.63, 3.8) is 0 Å². The molecular weight excluding hydrogens is 344 g/mol. The number of aliphatic hydroxyl groups is 1. The minimum atomic E-state index is -0.556. The Morgan fingerprint density at radius 1 is 1.19 bits per heavy atom. The third-order valence-electron chi connectivity index (χ3n) is 5.43. The molecule has 0 saturated carbocycles. The van der Waals surface area contributed by atoms with Crippen molar-refractivity contribution in [1.29, 1.82) is 0 Å². The Kier molecular flexibility index (Phi) is 6.26. The van der Waals surface area contributed by atoms with E-state index in [1.54, 1.807) is 4.90 Å². The molecule has 2 heterocycles. The molecule has 1 saturated heterocycles. The van der Waals surface area contributed by atoms with Crippen LogP contribution in [0.4, 0.5) is 0 Å². The fourth-order valence-corrected chi connectivity index (χ4v) is 3.88. The molecule has 6 nitrogen and oxygen atoms in total. The Morgan fingerprint density at radius 3 is 2.70 bits per heavy atom. The molecule has 0 bridgehead atoms. The maximum Gasteiger partial charge on any atom is 0.255 e. The number of nitrogens with one attached hydrogen (secondary N) is 1. The zero-order chi connectivity index (χ0) is 19.4. The number of piperidine rings is 1. The van der Waals surface area contributed by atoms with Gasteiger partial charge in [0.1, 0.15) is 6.04 Å². The van der Waals surface area contributed by atoms with Crippen LogP contribution in [0.15, 0.2) is 18.2 Å². The van der Waals surface area contributed by atoms with Gasteiger partial charge in [0.25, 0.3) is 5.91 Å². The van der Waals surface area contributed by atoms with Crippen LogP contribution in [0.5, 0.6) is 0 Å². The minimum absolute atomic E-state index is 0.113. The Morgan fingerprint density at radius 2 is 1.96 bits per heavy atom. The maximum atomic E-state index is 12.8. The van der Waals surface area contributed by atoms with Crippen LogP contribution in [0.25, 0.3) is 0 Å². The summed E-state index contributed by atoms with van der Waals surface area (Å²) in [6.07, 6.45) is 6.54. The van der Waals surface area contributed by atoms with Crippen molar-refractivity contribution in [3.05, 3.63) is 34.9 Å². The van der Waals surface area contributed by atoms with Gasteiger partial charge in [0.2, 0.25) is 11.8 Å². The quantitative estimate of drug-likeness (QED) is 0.542. The number of carbonyl (C=O) groups is 3. The topological polar surface area (TPSA) is 86.7 Å². The molecule has 2 aliphatic heterocycles. The second kappa shape index (κ2) is 8.65. The van der Waals surface area contributed by atoms with Crippen LogP contribution in [-0.2, 0) is 22.6 Å². The first kappa shape index (κ1) is 19.5. The molecule has 0 aromatic heterocycles. The van der Waals surface area contributed by atoms with Crippen molar-refractivity contribution in [2.24, 2.45) is 0 Å². The third-order valence-corrected chi connectivity index (χ3v) is 5.43. The van der Waals surface area contributed by atoms with Crippen molar-refractivity contribution >= 4 is 17.7 Å². The minimum Gasteiger partial charge on any atom is -0.393 e. The Hall–Kier alpha value is -2.21. The predicted molar refractivity (Wildman–Crippen MR) is 101 cm³/mol. The number of amides is 3. The number of aliphatic hydroxyl groups excluding tert-OH is 1. The molecule has 27 heavy (non-hydrogen) atoms. The number of unbranched alkanes of at least 4 members (excludes halogenated alkanes) is 3. The molecule has 1 fully saturated rings. The first-order valence-electron chi connectivity index (χ1n) is 9.90. The number of hydrogen-bond donors (Lipinski definition) is 2. The summed E-state index contributed by atoms with van der Waals surface area (Å²) in [6, 6.07) is 5.46. The van der Waals surface area contributed by atoms with Gasteiger partial charge in [0.15, 0.2) is 0 Å². The SMILES string of the molecule is CC(O)CCCCCCc1ccc2c(c1)C(=O)N(C1CCC(=O)NC1=O)C2. The number of imide groups is 1. The van der Waals surface area contributed by atoms with E-state index in [-0.39, 0.29) is 30.2 Å². The average Bonchev–Trinajstić information content (AvgIpc) is 2.94. The van der Waals surface area contributed by atoms with Gasteiger partial charge < -0.3 is 10.0 Å². The van der Waals surface area contributed by atoms with Crippen molar-refractivity contribution in [2.45, 2.75) is 77.0 Å². The van der Waals surface area contributed by atoms with E-state index in [0.29, 0.717) is 18.5 Å². The lowest BCUT2D eigenvalue weighted by Gasteiger charge is -2.29. The summed E-state index contributed by atoms with van der Waals surface area (Å²) in [4.78, 5) is 37.8. The van der Waals surface area contributed by atoms with Gasteiger partial charge in [-0.15, -0.1) is 0 Å². The summed E-state index contributed by atoms with van der Waals surface area (Å²) in [5.74, 6) is -0.751. The van der Waals surface area contributed by atoms with E-state index >= 15 is 0 Å². The van der Waals surface area contributed by atoms with E-state index in [0.717, 1.165) is 49.7 Å². The highest BCUT2D eigenvalue weighted by Gasteiger charge is 2.38. The van der Waals surface area contributed by atoms with E-state index in [9.17, 15) is 19.5 Å². The molecule has 1 aromatic rings. The largest absolute Gasteiger partial charge is 0.393 e. The van der Waals surface area contributed by atoms with Gasteiger partial charge in [-0.1, -0.05) is 31.4 Å². The number of nitrogens with zero attached hydrogens (tertiary/aromatic N) is 1. The normalized spacial score (nSPS) is 20.6. The fourth-order valence-electron chi connectivity index (χ4n) is 3.88. The molecule has 3 amide bonds. The fraction of sp³-hybridized carbons (Fsp3) is 0.571. The number of fused-ring (bicyclic) bond motifs is 1. The molecule has 0 spiro atoms. The lowest BCUT2D eigenvalue weighted by atomic mass is 10.0. The molecule has 0 aliphatic carbocycles. The lowest BCUT2D eigenvalue weighted by Crippen LogP contribution is -2.52. The molecule has 6 heteroatoms. The van der Waals surface area contributed by atoms with Crippen molar-refractivity contribution in [1.82, 2.24) is 10.2 Å². The summed E-state index contributed by atoms with van der Waals surface area (Å²) < 4.78 is 0. The molecule has 2 N–H and O–H groups in total. The summed E-state index contributed by atoms with van der Waals surface area (Å²) in [6.45, 7) is 2.25. The van der Waals surface area contributed by atoms with Gasteiger partial charge in [-0.2, -0.15) is 0 Å². The van der Waals surface area contributed by atoms with Crippen LogP contribution in [0.3, 0.4) is 0 Å². The number of rotatable bonds is 8. The zero-order valence-corrected chi connectivity index (χ0v) is 15.9. The maximum absolute atomic E-state index is 12.8. The molecule has 146 valence electrons. The predicted octanol–water partition coefficient (Wildman–Crippen LogP) is 2.32. The summed E-state index contributed by atoms with van der Waals surface area (Å²) in [5, 5.41) is 11.6. The first-order chi connectivity index (χ1) is 13.0. The average molecular weight is 372 g/mol. The van der Waals surface area contributed by atoms with Crippen LogP contribution in [0, 0.1) is 0 Å². The van der Waals surface area contributed by atoms with Crippen LogP contribution in [0.2, 0.25) is 0 Å². The number of benzene rings is 1. The smallest absolute Gasteiger partial charge is 0.255 e. The van der Waals surface area contributed by atoms with Crippen molar-refractivity contribution < 1.29 is 19.5 Å². The second-order valence-electron chi connectivity index (χ2n) is 7.69. The van der Waals surface area contributed by atoms with Crippen LogP contribution in [-0.4, -0.2) is 39.9 Å². The summed E-state index contributed by atoms with van der Waals surface area (Å²) >= 11 is 0. The highest BCUT2D eigenvalue weighted by molar-refractivity contribution is 6.05. The second-order valence-corrected chi connectivity index (χ2v) is 7.69. The molecule has 2 aliphatic rings. The Labute approximate surface area is 159 Å². The van der Waals surface area contributed by atoms with Crippen molar-refractivity contribution in [2.75, 3.05) is 0 Å². The van der Waals surface area contributed by atoms with Gasteiger partial charge in [0.05, 0.1) is 6.10 Å². The lowest BCUT2D eigenvalue weighted by molar-refractivity contribution is -0.136. The zero-order valence-electron chi connectivity index (χ0n) is 15.9. The standard InChI is InChI=1S/C21H28N2O4/c1-14(24)6-4-2-3-5-7-15-8-9-16-13-23(21(27)17(16)12-15)18-10-11-19(25)22-20(18)26/h8-9,12,14,18,24H,2-7,10-11,13H2,1H3,(H,22,25,26). The van der Waals surface area contributed by atoms with Gasteiger partial charge in [0, 0.05) is 18.5 Å². The Balaban J connectivity index is 1.55. The number of hydrogen-bond acceptors (Lipinski definition) is 4. The summed E-state index contributed by atoms with van der Waals surface area (Å²) in [7, 11) is 0. The van der Waals surface area contributed by atoms with Gasteiger partial charge in [-0.25, -0.2) is 0 Å². The molecule has 3 rings (SSSR count). The molecule has 2 atom stereocenters. The number of aryl methyl sites for hydroxylation is 1. The van der Waals surface area contributed by atoms with Crippen LogP contribution in [0.1, 0.15) is 73.4 Å². The van der Waals surface area contributed by atoms with Crippen LogP contribution >= 0.6 is 0 Å². The van der Waals surface area contributed by atoms with Gasteiger partial charge in [-0.05, 0) is 49.8 Å². The highest BCUT2D eigenvalue weighted by atomic mass is 16.3. The molecule has 2 unspecified atom stereocenters. The van der Waals surface area contributed by atoms with Gasteiger partial charge >= 0.3 is 0 Å². The van der Waals surface area contributed by atoms with E-state index in [4.69, 9.17) is 0 Å². The molecular formula is C21H28N2O4. The van der Waals surface area contributed by atoms with Crippen LogP contribution < -0.4 is 5.32 Å².